The molecule has 146 valence electrons. The average molecular weight is 395 g/mol. The van der Waals surface area contributed by atoms with Crippen LogP contribution < -0.4 is 9.47 Å². The predicted molar refractivity (Wildman–Crippen MR) is 93.3 cm³/mol. The molecular formula is C17H21N3O6S. The second kappa shape index (κ2) is 7.10. The molecule has 1 unspecified atom stereocenters. The summed E-state index contributed by atoms with van der Waals surface area (Å²) >= 11 is 0. The standard InChI is InChI=1S/C17H21N3O6S/c1-11(2)16-18-19-17(26-16)13-10-20(6-7-23-13)27(21,22)14-5-3-4-12-15(14)25-9-8-24-12/h3-5,11,13H,6-10H2,1-2H3. The van der Waals surface area contributed by atoms with Gasteiger partial charge in [0.1, 0.15) is 24.2 Å². The largest absolute Gasteiger partial charge is 0.486 e. The zero-order chi connectivity index (χ0) is 19.0. The molecule has 1 fully saturated rings. The van der Waals surface area contributed by atoms with Gasteiger partial charge in [0.2, 0.25) is 21.8 Å². The summed E-state index contributed by atoms with van der Waals surface area (Å²) in [6.07, 6.45) is -0.606. The van der Waals surface area contributed by atoms with Crippen molar-refractivity contribution in [2.45, 2.75) is 30.8 Å². The second-order valence-electron chi connectivity index (χ2n) is 6.64. The lowest BCUT2D eigenvalue weighted by molar-refractivity contribution is -0.0179. The van der Waals surface area contributed by atoms with E-state index in [1.54, 1.807) is 12.1 Å². The second-order valence-corrected chi connectivity index (χ2v) is 8.54. The monoisotopic (exact) mass is 395 g/mol. The van der Waals surface area contributed by atoms with Crippen LogP contribution in [-0.2, 0) is 14.8 Å². The van der Waals surface area contributed by atoms with Gasteiger partial charge in [0.15, 0.2) is 11.5 Å². The van der Waals surface area contributed by atoms with Gasteiger partial charge in [-0.15, -0.1) is 10.2 Å². The number of fused-ring (bicyclic) bond motifs is 1. The highest BCUT2D eigenvalue weighted by atomic mass is 32.2. The third-order valence-corrected chi connectivity index (χ3v) is 6.29. The van der Waals surface area contributed by atoms with Crippen LogP contribution in [0.3, 0.4) is 0 Å². The van der Waals surface area contributed by atoms with Crippen LogP contribution in [0.15, 0.2) is 27.5 Å². The molecule has 1 saturated heterocycles. The molecule has 0 N–H and O–H groups in total. The molecule has 1 aromatic carbocycles. The molecule has 10 heteroatoms. The first-order chi connectivity index (χ1) is 13.0. The SMILES string of the molecule is CC(C)c1nnc(C2CN(S(=O)(=O)c3cccc4c3OCCO4)CCO2)o1. The molecule has 0 bridgehead atoms. The van der Waals surface area contributed by atoms with Gasteiger partial charge in [0, 0.05) is 19.0 Å². The molecule has 0 saturated carbocycles. The molecule has 1 aromatic heterocycles. The third kappa shape index (κ3) is 3.40. The van der Waals surface area contributed by atoms with E-state index < -0.39 is 16.1 Å². The number of sulfonamides is 1. The topological polar surface area (TPSA) is 104 Å². The molecule has 27 heavy (non-hydrogen) atoms. The smallest absolute Gasteiger partial charge is 0.247 e. The Morgan fingerprint density at radius 2 is 1.96 bits per heavy atom. The van der Waals surface area contributed by atoms with Crippen molar-refractivity contribution in [2.75, 3.05) is 32.9 Å². The number of para-hydroxylation sites is 1. The van der Waals surface area contributed by atoms with Crippen molar-refractivity contribution in [2.24, 2.45) is 0 Å². The van der Waals surface area contributed by atoms with E-state index >= 15 is 0 Å². The number of nitrogens with zero attached hydrogens (tertiary/aromatic N) is 3. The highest BCUT2D eigenvalue weighted by molar-refractivity contribution is 7.89. The summed E-state index contributed by atoms with van der Waals surface area (Å²) in [5.74, 6) is 1.56. The summed E-state index contributed by atoms with van der Waals surface area (Å²) in [5.41, 5.74) is 0. The van der Waals surface area contributed by atoms with Gasteiger partial charge in [-0.05, 0) is 12.1 Å². The Morgan fingerprint density at radius 1 is 1.15 bits per heavy atom. The summed E-state index contributed by atoms with van der Waals surface area (Å²) in [6, 6.07) is 4.86. The minimum absolute atomic E-state index is 0.0858. The molecule has 0 spiro atoms. The Kier molecular flexibility index (Phi) is 4.79. The van der Waals surface area contributed by atoms with Crippen LogP contribution in [0, 0.1) is 0 Å². The molecule has 3 heterocycles. The van der Waals surface area contributed by atoms with Gasteiger partial charge in [0.05, 0.1) is 6.61 Å². The van der Waals surface area contributed by atoms with Gasteiger partial charge in [-0.3, -0.25) is 0 Å². The van der Waals surface area contributed by atoms with Gasteiger partial charge in [-0.1, -0.05) is 19.9 Å². The maximum Gasteiger partial charge on any atom is 0.247 e. The average Bonchev–Trinajstić information content (AvgIpc) is 3.18. The molecule has 2 aliphatic rings. The van der Waals surface area contributed by atoms with Crippen molar-refractivity contribution in [3.05, 3.63) is 30.0 Å². The molecule has 2 aliphatic heterocycles. The summed E-state index contributed by atoms with van der Waals surface area (Å²) in [6.45, 7) is 5.14. The molecular weight excluding hydrogens is 374 g/mol. The van der Waals surface area contributed by atoms with Gasteiger partial charge in [0.25, 0.3) is 0 Å². The summed E-state index contributed by atoms with van der Waals surface area (Å²) in [4.78, 5) is 0.0914. The zero-order valence-electron chi connectivity index (χ0n) is 15.1. The predicted octanol–water partition coefficient (Wildman–Crippen LogP) is 1.73. The first-order valence-corrected chi connectivity index (χ1v) is 10.2. The van der Waals surface area contributed by atoms with Crippen molar-refractivity contribution >= 4 is 10.0 Å². The van der Waals surface area contributed by atoms with E-state index in [9.17, 15) is 8.42 Å². The number of benzene rings is 1. The number of ether oxygens (including phenoxy) is 3. The van der Waals surface area contributed by atoms with Crippen molar-refractivity contribution in [3.63, 3.8) is 0 Å². The van der Waals surface area contributed by atoms with E-state index in [0.29, 0.717) is 24.9 Å². The lowest BCUT2D eigenvalue weighted by atomic mass is 10.2. The van der Waals surface area contributed by atoms with Crippen molar-refractivity contribution in [3.8, 4) is 11.5 Å². The highest BCUT2D eigenvalue weighted by Gasteiger charge is 2.36. The first-order valence-electron chi connectivity index (χ1n) is 8.80. The van der Waals surface area contributed by atoms with Crippen LogP contribution in [-0.4, -0.2) is 55.8 Å². The molecule has 1 atom stereocenters. The summed E-state index contributed by atoms with van der Waals surface area (Å²) in [7, 11) is -3.80. The molecule has 0 aliphatic carbocycles. The Balaban J connectivity index is 1.60. The van der Waals surface area contributed by atoms with E-state index in [1.807, 2.05) is 13.8 Å². The number of aromatic nitrogens is 2. The van der Waals surface area contributed by atoms with E-state index in [0.717, 1.165) is 0 Å². The van der Waals surface area contributed by atoms with E-state index in [1.165, 1.54) is 10.4 Å². The van der Waals surface area contributed by atoms with E-state index in [-0.39, 0.29) is 42.2 Å². The van der Waals surface area contributed by atoms with Crippen LogP contribution in [0.5, 0.6) is 11.5 Å². The normalized spacial score (nSPS) is 20.8. The number of rotatable bonds is 4. The number of hydrogen-bond acceptors (Lipinski definition) is 8. The zero-order valence-corrected chi connectivity index (χ0v) is 15.9. The minimum Gasteiger partial charge on any atom is -0.486 e. The molecule has 4 rings (SSSR count). The minimum atomic E-state index is -3.80. The van der Waals surface area contributed by atoms with Crippen LogP contribution in [0.2, 0.25) is 0 Å². The fraction of sp³-hybridized carbons (Fsp3) is 0.529. The highest BCUT2D eigenvalue weighted by Crippen LogP contribution is 2.38. The van der Waals surface area contributed by atoms with Crippen LogP contribution in [0.4, 0.5) is 0 Å². The lowest BCUT2D eigenvalue weighted by Gasteiger charge is -2.31. The van der Waals surface area contributed by atoms with E-state index in [4.69, 9.17) is 18.6 Å². The molecule has 0 amide bonds. The third-order valence-electron chi connectivity index (χ3n) is 4.40. The molecule has 9 nitrogen and oxygen atoms in total. The van der Waals surface area contributed by atoms with Gasteiger partial charge < -0.3 is 18.6 Å². The van der Waals surface area contributed by atoms with Crippen molar-refractivity contribution in [1.29, 1.82) is 0 Å². The van der Waals surface area contributed by atoms with E-state index in [2.05, 4.69) is 10.2 Å². The Morgan fingerprint density at radius 3 is 2.74 bits per heavy atom. The Labute approximate surface area is 157 Å². The van der Waals surface area contributed by atoms with Gasteiger partial charge in [-0.2, -0.15) is 4.31 Å². The maximum absolute atomic E-state index is 13.2. The lowest BCUT2D eigenvalue weighted by Crippen LogP contribution is -2.42. The number of morpholine rings is 1. The van der Waals surface area contributed by atoms with Gasteiger partial charge in [-0.25, -0.2) is 8.42 Å². The van der Waals surface area contributed by atoms with Crippen LogP contribution in [0.25, 0.3) is 0 Å². The molecule has 2 aromatic rings. The summed E-state index contributed by atoms with van der Waals surface area (Å²) in [5, 5.41) is 8.01. The number of hydrogen-bond donors (Lipinski definition) is 0. The first kappa shape index (κ1) is 18.2. The van der Waals surface area contributed by atoms with Crippen molar-refractivity contribution < 1.29 is 27.0 Å². The molecule has 0 radical (unpaired) electrons. The fourth-order valence-electron chi connectivity index (χ4n) is 2.99. The summed E-state index contributed by atoms with van der Waals surface area (Å²) < 4.78 is 50.2. The fourth-order valence-corrected chi connectivity index (χ4v) is 4.56. The maximum atomic E-state index is 13.2. The Bertz CT molecular complexity index is 927. The van der Waals surface area contributed by atoms with Crippen LogP contribution in [0.1, 0.15) is 37.7 Å². The van der Waals surface area contributed by atoms with Crippen molar-refractivity contribution in [1.82, 2.24) is 14.5 Å². The quantitative estimate of drug-likeness (QED) is 0.771. The van der Waals surface area contributed by atoms with Gasteiger partial charge >= 0.3 is 0 Å². The Hall–Kier alpha value is -2.17. The van der Waals surface area contributed by atoms with Crippen LogP contribution >= 0.6 is 0 Å².